The Kier molecular flexibility index (Phi) is 5.50. The lowest BCUT2D eigenvalue weighted by Gasteiger charge is -2.19. The van der Waals surface area contributed by atoms with Gasteiger partial charge in [0.2, 0.25) is 10.0 Å². The van der Waals surface area contributed by atoms with Gasteiger partial charge in [-0.3, -0.25) is 0 Å². The number of rotatable bonds is 5. The van der Waals surface area contributed by atoms with E-state index in [9.17, 15) is 8.42 Å². The largest absolute Gasteiger partial charge is 0.496 e. The van der Waals surface area contributed by atoms with Gasteiger partial charge in [0.25, 0.3) is 0 Å². The van der Waals surface area contributed by atoms with Crippen molar-refractivity contribution in [2.24, 2.45) is 0 Å². The first-order valence-corrected chi connectivity index (χ1v) is 9.00. The van der Waals surface area contributed by atoms with Gasteiger partial charge >= 0.3 is 0 Å². The maximum atomic E-state index is 12.6. The molecular weight excluding hydrogens is 390 g/mol. The van der Waals surface area contributed by atoms with Crippen molar-refractivity contribution in [3.63, 3.8) is 0 Å². The van der Waals surface area contributed by atoms with Gasteiger partial charge < -0.3 is 4.74 Å². The summed E-state index contributed by atoms with van der Waals surface area (Å²) in [7, 11) is -0.515. The van der Waals surface area contributed by atoms with Crippen molar-refractivity contribution in [2.75, 3.05) is 14.2 Å². The molecule has 2 aromatic carbocycles. The van der Waals surface area contributed by atoms with E-state index in [4.69, 9.17) is 16.3 Å². The number of ether oxygens (including phenoxy) is 1. The predicted octanol–water partition coefficient (Wildman–Crippen LogP) is 3.93. The minimum absolute atomic E-state index is 0.169. The van der Waals surface area contributed by atoms with Gasteiger partial charge in [-0.1, -0.05) is 27.5 Å². The molecule has 0 aromatic heterocycles. The van der Waals surface area contributed by atoms with Crippen molar-refractivity contribution in [3.8, 4) is 5.75 Å². The summed E-state index contributed by atoms with van der Waals surface area (Å²) in [6.45, 7) is 0.169. The van der Waals surface area contributed by atoms with Crippen molar-refractivity contribution in [1.29, 1.82) is 0 Å². The molecule has 0 heterocycles. The van der Waals surface area contributed by atoms with E-state index in [1.165, 1.54) is 18.5 Å². The van der Waals surface area contributed by atoms with E-state index in [2.05, 4.69) is 15.9 Å². The highest BCUT2D eigenvalue weighted by Gasteiger charge is 2.22. The molecule has 2 rings (SSSR count). The maximum absolute atomic E-state index is 12.6. The average Bonchev–Trinajstić information content (AvgIpc) is 2.48. The topological polar surface area (TPSA) is 46.6 Å². The zero-order valence-corrected chi connectivity index (χ0v) is 15.2. The van der Waals surface area contributed by atoms with Crippen molar-refractivity contribution in [3.05, 3.63) is 57.5 Å². The van der Waals surface area contributed by atoms with Gasteiger partial charge in [0.1, 0.15) is 5.75 Å². The first-order valence-electron chi connectivity index (χ1n) is 6.39. The summed E-state index contributed by atoms with van der Waals surface area (Å²) in [6, 6.07) is 11.6. The third-order valence-electron chi connectivity index (χ3n) is 3.16. The lowest BCUT2D eigenvalue weighted by atomic mass is 10.2. The Hall–Kier alpha value is -1.08. The van der Waals surface area contributed by atoms with Crippen LogP contribution in [-0.4, -0.2) is 26.9 Å². The SMILES string of the molecule is COc1ccc(Cl)cc1CN(C)S(=O)(=O)c1ccc(Br)cc1. The number of benzene rings is 2. The van der Waals surface area contributed by atoms with Gasteiger partial charge in [-0.05, 0) is 42.5 Å². The fourth-order valence-electron chi connectivity index (χ4n) is 1.98. The van der Waals surface area contributed by atoms with Crippen LogP contribution in [0.25, 0.3) is 0 Å². The molecule has 2 aromatic rings. The lowest BCUT2D eigenvalue weighted by molar-refractivity contribution is 0.398. The Bertz CT molecular complexity index is 763. The summed E-state index contributed by atoms with van der Waals surface area (Å²) in [4.78, 5) is 0.235. The number of halogens is 2. The molecule has 0 aliphatic heterocycles. The Morgan fingerprint density at radius 1 is 1.18 bits per heavy atom. The van der Waals surface area contributed by atoms with E-state index < -0.39 is 10.0 Å². The molecule has 0 fully saturated rings. The Morgan fingerprint density at radius 2 is 1.82 bits per heavy atom. The second-order valence-electron chi connectivity index (χ2n) is 4.67. The summed E-state index contributed by atoms with van der Waals surface area (Å²) in [5.41, 5.74) is 0.707. The summed E-state index contributed by atoms with van der Waals surface area (Å²) < 4.78 is 32.5. The monoisotopic (exact) mass is 403 g/mol. The van der Waals surface area contributed by atoms with Gasteiger partial charge in [-0.15, -0.1) is 0 Å². The van der Waals surface area contributed by atoms with Crippen LogP contribution in [-0.2, 0) is 16.6 Å². The van der Waals surface area contributed by atoms with Gasteiger partial charge in [-0.2, -0.15) is 4.31 Å². The highest BCUT2D eigenvalue weighted by atomic mass is 79.9. The standard InChI is InChI=1S/C15H15BrClNO3S/c1-18(10-11-9-13(17)5-8-15(11)21-2)22(19,20)14-6-3-12(16)4-7-14/h3-9H,10H2,1-2H3. The zero-order valence-electron chi connectivity index (χ0n) is 12.1. The van der Waals surface area contributed by atoms with Crippen molar-refractivity contribution < 1.29 is 13.2 Å². The molecule has 0 saturated carbocycles. The normalized spacial score (nSPS) is 11.7. The molecule has 22 heavy (non-hydrogen) atoms. The van der Waals surface area contributed by atoms with Gasteiger partial charge in [-0.25, -0.2) is 8.42 Å². The summed E-state index contributed by atoms with van der Waals surface area (Å²) in [5.74, 6) is 0.599. The van der Waals surface area contributed by atoms with Crippen molar-refractivity contribution in [2.45, 2.75) is 11.4 Å². The molecule has 0 bridgehead atoms. The second-order valence-corrected chi connectivity index (χ2v) is 8.07. The summed E-state index contributed by atoms with van der Waals surface area (Å²) in [6.07, 6.45) is 0. The zero-order chi connectivity index (χ0) is 16.3. The average molecular weight is 405 g/mol. The highest BCUT2D eigenvalue weighted by molar-refractivity contribution is 9.10. The van der Waals surface area contributed by atoms with E-state index >= 15 is 0 Å². The Labute approximate surface area is 143 Å². The van der Waals surface area contributed by atoms with Gasteiger partial charge in [0, 0.05) is 28.7 Å². The molecule has 0 aliphatic rings. The molecule has 0 spiro atoms. The van der Waals surface area contributed by atoms with Gasteiger partial charge in [0.15, 0.2) is 0 Å². The third-order valence-corrected chi connectivity index (χ3v) is 5.74. The van der Waals surface area contributed by atoms with Crippen LogP contribution in [0.2, 0.25) is 5.02 Å². The van der Waals surface area contributed by atoms with Crippen LogP contribution < -0.4 is 4.74 Å². The maximum Gasteiger partial charge on any atom is 0.243 e. The molecule has 0 atom stereocenters. The molecule has 0 N–H and O–H groups in total. The molecule has 0 radical (unpaired) electrons. The minimum atomic E-state index is -3.58. The van der Waals surface area contributed by atoms with E-state index in [1.807, 2.05) is 0 Å². The summed E-state index contributed by atoms with van der Waals surface area (Å²) in [5, 5.41) is 0.533. The Morgan fingerprint density at radius 3 is 2.41 bits per heavy atom. The number of methoxy groups -OCH3 is 1. The molecule has 0 aliphatic carbocycles. The number of nitrogens with zero attached hydrogens (tertiary/aromatic N) is 1. The van der Waals surface area contributed by atoms with E-state index in [1.54, 1.807) is 42.5 Å². The van der Waals surface area contributed by atoms with Crippen LogP contribution in [0.15, 0.2) is 51.8 Å². The Balaban J connectivity index is 2.30. The van der Waals surface area contributed by atoms with Crippen LogP contribution in [0.3, 0.4) is 0 Å². The molecule has 0 amide bonds. The molecule has 118 valence electrons. The van der Waals surface area contributed by atoms with Crippen LogP contribution in [0.4, 0.5) is 0 Å². The molecule has 7 heteroatoms. The quantitative estimate of drug-likeness (QED) is 0.758. The fraction of sp³-hybridized carbons (Fsp3) is 0.200. The fourth-order valence-corrected chi connectivity index (χ4v) is 3.59. The molecule has 4 nitrogen and oxygen atoms in total. The molecule has 0 saturated heterocycles. The van der Waals surface area contributed by atoms with Crippen LogP contribution in [0.5, 0.6) is 5.75 Å². The van der Waals surface area contributed by atoms with Crippen molar-refractivity contribution in [1.82, 2.24) is 4.31 Å². The third kappa shape index (κ3) is 3.81. The minimum Gasteiger partial charge on any atom is -0.496 e. The van der Waals surface area contributed by atoms with Crippen LogP contribution in [0.1, 0.15) is 5.56 Å². The number of hydrogen-bond donors (Lipinski definition) is 0. The first-order chi connectivity index (χ1) is 10.3. The van der Waals surface area contributed by atoms with Crippen LogP contribution >= 0.6 is 27.5 Å². The number of sulfonamides is 1. The summed E-state index contributed by atoms with van der Waals surface area (Å²) >= 11 is 9.27. The lowest BCUT2D eigenvalue weighted by Crippen LogP contribution is -2.26. The predicted molar refractivity (Wildman–Crippen MR) is 90.8 cm³/mol. The molecule has 0 unspecified atom stereocenters. The first kappa shape index (κ1) is 17.3. The second kappa shape index (κ2) is 7.00. The van der Waals surface area contributed by atoms with E-state index in [-0.39, 0.29) is 11.4 Å². The smallest absolute Gasteiger partial charge is 0.243 e. The van der Waals surface area contributed by atoms with Gasteiger partial charge in [0.05, 0.1) is 12.0 Å². The van der Waals surface area contributed by atoms with Crippen molar-refractivity contribution >= 4 is 37.6 Å². The van der Waals surface area contributed by atoms with E-state index in [0.29, 0.717) is 16.3 Å². The van der Waals surface area contributed by atoms with E-state index in [0.717, 1.165) is 4.47 Å². The number of hydrogen-bond acceptors (Lipinski definition) is 3. The molecular formula is C15H15BrClNO3S. The highest BCUT2D eigenvalue weighted by Crippen LogP contribution is 2.26. The van der Waals surface area contributed by atoms with Crippen LogP contribution in [0, 0.1) is 0 Å².